The molecule has 0 aliphatic rings. The Balaban J connectivity index is 1.79. The van der Waals surface area contributed by atoms with Crippen LogP contribution in [0.15, 0.2) is 77.7 Å². The Bertz CT molecular complexity index is 1110. The maximum absolute atomic E-state index is 12.7. The Labute approximate surface area is 175 Å². The van der Waals surface area contributed by atoms with Gasteiger partial charge in [0.1, 0.15) is 0 Å². The van der Waals surface area contributed by atoms with Crippen LogP contribution in [0.1, 0.15) is 34.5 Å². The van der Waals surface area contributed by atoms with E-state index in [4.69, 9.17) is 11.6 Å². The molecule has 0 bridgehead atoms. The summed E-state index contributed by atoms with van der Waals surface area (Å²) in [5.74, 6) is -0.385. The maximum atomic E-state index is 12.7. The second kappa shape index (κ2) is 8.68. The van der Waals surface area contributed by atoms with Crippen molar-refractivity contribution in [1.82, 2.24) is 5.32 Å². The van der Waals surface area contributed by atoms with Crippen LogP contribution in [0.2, 0.25) is 5.02 Å². The largest absolute Gasteiger partial charge is 0.345 e. The van der Waals surface area contributed by atoms with E-state index in [0.29, 0.717) is 0 Å². The highest BCUT2D eigenvalue weighted by atomic mass is 35.5. The van der Waals surface area contributed by atoms with Crippen LogP contribution in [0, 0.1) is 6.92 Å². The standard InChI is InChI=1S/C22H21ClN2O3S/c1-15-8-10-17(11-9-15)16(2)24-22(26)20-14-18(12-13-21(20)23)25-29(27,28)19-6-4-3-5-7-19/h3-14,16,25H,1-2H3,(H,24,26)/t16-/m0/s1. The summed E-state index contributed by atoms with van der Waals surface area (Å²) in [7, 11) is -3.76. The molecule has 0 aliphatic carbocycles. The zero-order valence-corrected chi connectivity index (χ0v) is 17.6. The highest BCUT2D eigenvalue weighted by molar-refractivity contribution is 7.92. The molecule has 0 saturated heterocycles. The first-order chi connectivity index (χ1) is 13.8. The number of amides is 1. The summed E-state index contributed by atoms with van der Waals surface area (Å²) < 4.78 is 27.5. The predicted octanol–water partition coefficient (Wildman–Crippen LogP) is 4.94. The van der Waals surface area contributed by atoms with Gasteiger partial charge in [-0.2, -0.15) is 0 Å². The van der Waals surface area contributed by atoms with E-state index in [2.05, 4.69) is 10.0 Å². The van der Waals surface area contributed by atoms with Crippen LogP contribution in [-0.2, 0) is 10.0 Å². The van der Waals surface area contributed by atoms with E-state index < -0.39 is 10.0 Å². The number of aryl methyl sites for hydroxylation is 1. The van der Waals surface area contributed by atoms with Gasteiger partial charge < -0.3 is 5.32 Å². The third kappa shape index (κ3) is 5.16. The number of carbonyl (C=O) groups excluding carboxylic acids is 1. The smallest absolute Gasteiger partial charge is 0.261 e. The number of rotatable bonds is 6. The lowest BCUT2D eigenvalue weighted by Gasteiger charge is -2.16. The molecule has 7 heteroatoms. The lowest BCUT2D eigenvalue weighted by molar-refractivity contribution is 0.0940. The lowest BCUT2D eigenvalue weighted by atomic mass is 10.1. The Hall–Kier alpha value is -2.83. The monoisotopic (exact) mass is 428 g/mol. The number of halogens is 1. The fourth-order valence-corrected chi connectivity index (χ4v) is 4.06. The summed E-state index contributed by atoms with van der Waals surface area (Å²) >= 11 is 6.19. The van der Waals surface area contributed by atoms with Crippen molar-refractivity contribution in [1.29, 1.82) is 0 Å². The van der Waals surface area contributed by atoms with Gasteiger partial charge in [-0.15, -0.1) is 0 Å². The summed E-state index contributed by atoms with van der Waals surface area (Å²) in [5, 5.41) is 3.13. The zero-order chi connectivity index (χ0) is 21.0. The first-order valence-corrected chi connectivity index (χ1v) is 10.9. The molecule has 1 atom stereocenters. The number of nitrogens with one attached hydrogen (secondary N) is 2. The van der Waals surface area contributed by atoms with Gasteiger partial charge >= 0.3 is 0 Å². The third-order valence-electron chi connectivity index (χ3n) is 4.44. The molecule has 0 heterocycles. The van der Waals surface area contributed by atoms with Gasteiger partial charge in [-0.3, -0.25) is 9.52 Å². The van der Waals surface area contributed by atoms with Crippen LogP contribution in [0.4, 0.5) is 5.69 Å². The van der Waals surface area contributed by atoms with Crippen molar-refractivity contribution in [3.05, 3.63) is 94.5 Å². The SMILES string of the molecule is Cc1ccc([C@H](C)NC(=O)c2cc(NS(=O)(=O)c3ccccc3)ccc2Cl)cc1. The Morgan fingerprint density at radius 3 is 2.28 bits per heavy atom. The van der Waals surface area contributed by atoms with E-state index in [1.165, 1.54) is 30.3 Å². The molecule has 0 unspecified atom stereocenters. The summed E-state index contributed by atoms with van der Waals surface area (Å²) in [6.07, 6.45) is 0. The molecular formula is C22H21ClN2O3S. The molecule has 5 nitrogen and oxygen atoms in total. The van der Waals surface area contributed by atoms with Crippen molar-refractivity contribution in [2.75, 3.05) is 4.72 Å². The van der Waals surface area contributed by atoms with Gasteiger partial charge in [0.15, 0.2) is 0 Å². The van der Waals surface area contributed by atoms with Gasteiger partial charge in [0.25, 0.3) is 15.9 Å². The van der Waals surface area contributed by atoms with Gasteiger partial charge in [-0.05, 0) is 49.7 Å². The van der Waals surface area contributed by atoms with Crippen molar-refractivity contribution in [3.8, 4) is 0 Å². The van der Waals surface area contributed by atoms with E-state index in [1.54, 1.807) is 18.2 Å². The molecule has 29 heavy (non-hydrogen) atoms. The summed E-state index contributed by atoms with van der Waals surface area (Å²) in [4.78, 5) is 12.9. The third-order valence-corrected chi connectivity index (χ3v) is 6.17. The fourth-order valence-electron chi connectivity index (χ4n) is 2.79. The minimum Gasteiger partial charge on any atom is -0.345 e. The van der Waals surface area contributed by atoms with E-state index in [0.717, 1.165) is 11.1 Å². The quantitative estimate of drug-likeness (QED) is 0.583. The van der Waals surface area contributed by atoms with Crippen LogP contribution in [0.3, 0.4) is 0 Å². The molecule has 3 aromatic carbocycles. The van der Waals surface area contributed by atoms with Gasteiger partial charge in [0.05, 0.1) is 21.5 Å². The fraction of sp³-hybridized carbons (Fsp3) is 0.136. The van der Waals surface area contributed by atoms with Crippen molar-refractivity contribution in [3.63, 3.8) is 0 Å². The normalized spacial score (nSPS) is 12.2. The van der Waals surface area contributed by atoms with Gasteiger partial charge in [-0.1, -0.05) is 59.6 Å². The number of sulfonamides is 1. The molecule has 1 amide bonds. The van der Waals surface area contributed by atoms with E-state index in [9.17, 15) is 13.2 Å². The van der Waals surface area contributed by atoms with Crippen LogP contribution in [-0.4, -0.2) is 14.3 Å². The number of hydrogen-bond donors (Lipinski definition) is 2. The van der Waals surface area contributed by atoms with Gasteiger partial charge in [0, 0.05) is 5.69 Å². The molecule has 0 aromatic heterocycles. The van der Waals surface area contributed by atoms with Gasteiger partial charge in [-0.25, -0.2) is 8.42 Å². The van der Waals surface area contributed by atoms with Crippen molar-refractivity contribution < 1.29 is 13.2 Å². The maximum Gasteiger partial charge on any atom is 0.261 e. The van der Waals surface area contributed by atoms with Crippen LogP contribution in [0.25, 0.3) is 0 Å². The number of benzene rings is 3. The molecule has 0 saturated carbocycles. The van der Waals surface area contributed by atoms with Crippen LogP contribution in [0.5, 0.6) is 0 Å². The Kier molecular flexibility index (Phi) is 6.25. The van der Waals surface area contributed by atoms with E-state index in [1.807, 2.05) is 38.1 Å². The van der Waals surface area contributed by atoms with Crippen LogP contribution < -0.4 is 10.0 Å². The highest BCUT2D eigenvalue weighted by Crippen LogP contribution is 2.24. The van der Waals surface area contributed by atoms with Crippen molar-refractivity contribution in [2.45, 2.75) is 24.8 Å². The molecule has 150 valence electrons. The minimum atomic E-state index is -3.76. The second-order valence-corrected chi connectivity index (χ2v) is 8.81. The molecular weight excluding hydrogens is 408 g/mol. The predicted molar refractivity (Wildman–Crippen MR) is 116 cm³/mol. The zero-order valence-electron chi connectivity index (χ0n) is 16.0. The second-order valence-electron chi connectivity index (χ2n) is 6.72. The first kappa shape index (κ1) is 20.9. The molecule has 0 radical (unpaired) electrons. The van der Waals surface area contributed by atoms with E-state index >= 15 is 0 Å². The number of hydrogen-bond acceptors (Lipinski definition) is 3. The lowest BCUT2D eigenvalue weighted by Crippen LogP contribution is -2.27. The van der Waals surface area contributed by atoms with Crippen molar-refractivity contribution in [2.24, 2.45) is 0 Å². The summed E-state index contributed by atoms with van der Waals surface area (Å²) in [5.41, 5.74) is 2.54. The molecule has 3 rings (SSSR count). The average Bonchev–Trinajstić information content (AvgIpc) is 2.70. The van der Waals surface area contributed by atoms with Gasteiger partial charge in [0.2, 0.25) is 0 Å². The Morgan fingerprint density at radius 1 is 0.966 bits per heavy atom. The molecule has 0 spiro atoms. The number of anilines is 1. The van der Waals surface area contributed by atoms with Crippen LogP contribution >= 0.6 is 11.6 Å². The molecule has 3 aromatic rings. The minimum absolute atomic E-state index is 0.133. The highest BCUT2D eigenvalue weighted by Gasteiger charge is 2.18. The topological polar surface area (TPSA) is 75.3 Å². The van der Waals surface area contributed by atoms with Crippen molar-refractivity contribution >= 4 is 33.2 Å². The first-order valence-electron chi connectivity index (χ1n) is 9.01. The molecule has 2 N–H and O–H groups in total. The Morgan fingerprint density at radius 2 is 1.62 bits per heavy atom. The average molecular weight is 429 g/mol. The van der Waals surface area contributed by atoms with E-state index in [-0.39, 0.29) is 33.1 Å². The summed E-state index contributed by atoms with van der Waals surface area (Å²) in [6.45, 7) is 3.87. The molecule has 0 aliphatic heterocycles. The summed E-state index contributed by atoms with van der Waals surface area (Å²) in [6, 6.07) is 20.1. The number of carbonyl (C=O) groups is 1. The molecule has 0 fully saturated rings.